The Kier molecular flexibility index (Phi) is 4.63. The second kappa shape index (κ2) is 6.06. The lowest BCUT2D eigenvalue weighted by atomic mass is 10.1. The summed E-state index contributed by atoms with van der Waals surface area (Å²) < 4.78 is 3.21. The summed E-state index contributed by atoms with van der Waals surface area (Å²) in [7, 11) is 0. The molecule has 2 rings (SSSR count). The number of alkyl halides is 1. The molecule has 0 atom stereocenters. The molecule has 2 aromatic rings. The fourth-order valence-corrected chi connectivity index (χ4v) is 2.43. The van der Waals surface area contributed by atoms with E-state index >= 15 is 0 Å². The maximum absolute atomic E-state index is 5.94. The van der Waals surface area contributed by atoms with Crippen molar-refractivity contribution in [2.75, 3.05) is 0 Å². The van der Waals surface area contributed by atoms with Gasteiger partial charge in [-0.1, -0.05) is 35.8 Å². The van der Waals surface area contributed by atoms with Gasteiger partial charge in [0.25, 0.3) is 0 Å². The van der Waals surface area contributed by atoms with Crippen LogP contribution in [-0.4, -0.2) is 14.8 Å². The number of hydrogen-bond donors (Lipinski definition) is 0. The Morgan fingerprint density at radius 1 is 1.32 bits per heavy atom. The molecule has 0 amide bonds. The van der Waals surface area contributed by atoms with E-state index in [2.05, 4.69) is 63.6 Å². The molecule has 0 saturated heterocycles. The van der Waals surface area contributed by atoms with Gasteiger partial charge in [0.15, 0.2) is 5.82 Å². The maximum atomic E-state index is 5.94. The van der Waals surface area contributed by atoms with Gasteiger partial charge in [0, 0.05) is 16.6 Å². The SMILES string of the molecule is Cc1cc(-c2nnc(CCl)n2CC(C)C)ccc1Br. The number of rotatable bonds is 4. The molecule has 0 unspecified atom stereocenters. The van der Waals surface area contributed by atoms with Crippen molar-refractivity contribution in [3.05, 3.63) is 34.1 Å². The quantitative estimate of drug-likeness (QED) is 0.771. The third-order valence-electron chi connectivity index (χ3n) is 2.91. The van der Waals surface area contributed by atoms with Crippen LogP contribution in [0.3, 0.4) is 0 Å². The van der Waals surface area contributed by atoms with Gasteiger partial charge in [-0.25, -0.2) is 0 Å². The molecule has 0 N–H and O–H groups in total. The lowest BCUT2D eigenvalue weighted by Gasteiger charge is -2.12. The molecule has 0 aliphatic carbocycles. The minimum Gasteiger partial charge on any atom is -0.310 e. The van der Waals surface area contributed by atoms with Crippen molar-refractivity contribution < 1.29 is 0 Å². The number of aromatic nitrogens is 3. The standard InChI is InChI=1S/C14H17BrClN3/c1-9(2)8-19-13(7-16)17-18-14(19)11-4-5-12(15)10(3)6-11/h4-6,9H,7-8H2,1-3H3. The molecular weight excluding hydrogens is 326 g/mol. The van der Waals surface area contributed by atoms with Crippen molar-refractivity contribution in [3.8, 4) is 11.4 Å². The first kappa shape index (κ1) is 14.5. The largest absolute Gasteiger partial charge is 0.310 e. The van der Waals surface area contributed by atoms with Gasteiger partial charge in [-0.3, -0.25) is 0 Å². The monoisotopic (exact) mass is 341 g/mol. The lowest BCUT2D eigenvalue weighted by Crippen LogP contribution is -2.09. The van der Waals surface area contributed by atoms with E-state index in [0.717, 1.165) is 28.2 Å². The number of halogens is 2. The first-order valence-corrected chi connectivity index (χ1v) is 7.60. The van der Waals surface area contributed by atoms with E-state index in [1.165, 1.54) is 5.56 Å². The topological polar surface area (TPSA) is 30.7 Å². The van der Waals surface area contributed by atoms with E-state index in [-0.39, 0.29) is 0 Å². The summed E-state index contributed by atoms with van der Waals surface area (Å²) in [4.78, 5) is 0. The molecule has 0 fully saturated rings. The lowest BCUT2D eigenvalue weighted by molar-refractivity contribution is 0.515. The number of nitrogens with zero attached hydrogens (tertiary/aromatic N) is 3. The van der Waals surface area contributed by atoms with Gasteiger partial charge in [0.1, 0.15) is 5.82 Å². The van der Waals surface area contributed by atoms with Crippen molar-refractivity contribution in [3.63, 3.8) is 0 Å². The van der Waals surface area contributed by atoms with Crippen LogP contribution in [0.2, 0.25) is 0 Å². The van der Waals surface area contributed by atoms with Gasteiger partial charge in [0.05, 0.1) is 5.88 Å². The Morgan fingerprint density at radius 2 is 2.05 bits per heavy atom. The molecule has 1 aromatic carbocycles. The Hall–Kier alpha value is -0.870. The second-order valence-corrected chi connectivity index (χ2v) is 6.16. The van der Waals surface area contributed by atoms with Gasteiger partial charge in [-0.2, -0.15) is 0 Å². The molecule has 1 aromatic heterocycles. The third-order valence-corrected chi connectivity index (χ3v) is 4.04. The van der Waals surface area contributed by atoms with Crippen LogP contribution in [0, 0.1) is 12.8 Å². The zero-order valence-corrected chi connectivity index (χ0v) is 13.7. The van der Waals surface area contributed by atoms with Crippen LogP contribution in [0.1, 0.15) is 25.2 Å². The molecule has 0 spiro atoms. The van der Waals surface area contributed by atoms with Gasteiger partial charge < -0.3 is 4.57 Å². The van der Waals surface area contributed by atoms with Crippen LogP contribution in [-0.2, 0) is 12.4 Å². The molecule has 102 valence electrons. The Labute approximate surface area is 127 Å². The van der Waals surface area contributed by atoms with Crippen molar-refractivity contribution in [1.82, 2.24) is 14.8 Å². The third kappa shape index (κ3) is 3.18. The summed E-state index contributed by atoms with van der Waals surface area (Å²) in [6, 6.07) is 6.21. The molecule has 3 nitrogen and oxygen atoms in total. The van der Waals surface area contributed by atoms with Crippen LogP contribution in [0.25, 0.3) is 11.4 Å². The second-order valence-electron chi connectivity index (χ2n) is 5.04. The summed E-state index contributed by atoms with van der Waals surface area (Å²) in [5, 5.41) is 8.48. The average molecular weight is 343 g/mol. The maximum Gasteiger partial charge on any atom is 0.164 e. The predicted octanol–water partition coefficient (Wildman–Crippen LogP) is 4.41. The summed E-state index contributed by atoms with van der Waals surface area (Å²) in [6.07, 6.45) is 0. The zero-order chi connectivity index (χ0) is 14.0. The number of hydrogen-bond acceptors (Lipinski definition) is 2. The molecule has 0 radical (unpaired) electrons. The van der Waals surface area contributed by atoms with Crippen molar-refractivity contribution >= 4 is 27.5 Å². The molecule has 0 saturated carbocycles. The van der Waals surface area contributed by atoms with E-state index in [1.54, 1.807) is 0 Å². The Morgan fingerprint density at radius 3 is 2.63 bits per heavy atom. The highest BCUT2D eigenvalue weighted by Gasteiger charge is 2.14. The van der Waals surface area contributed by atoms with Gasteiger partial charge in [-0.05, 0) is 30.5 Å². The van der Waals surface area contributed by atoms with E-state index < -0.39 is 0 Å². The van der Waals surface area contributed by atoms with Gasteiger partial charge in [-0.15, -0.1) is 21.8 Å². The highest BCUT2D eigenvalue weighted by molar-refractivity contribution is 9.10. The van der Waals surface area contributed by atoms with Crippen molar-refractivity contribution in [1.29, 1.82) is 0 Å². The van der Waals surface area contributed by atoms with Crippen LogP contribution in [0.4, 0.5) is 0 Å². The number of aryl methyl sites for hydroxylation is 1. The van der Waals surface area contributed by atoms with Crippen molar-refractivity contribution in [2.45, 2.75) is 33.2 Å². The fourth-order valence-electron chi connectivity index (χ4n) is 1.99. The summed E-state index contributed by atoms with van der Waals surface area (Å²) in [6.45, 7) is 7.29. The smallest absolute Gasteiger partial charge is 0.164 e. The molecule has 0 aliphatic heterocycles. The van der Waals surface area contributed by atoms with Gasteiger partial charge >= 0.3 is 0 Å². The Bertz CT molecular complexity index is 578. The van der Waals surface area contributed by atoms with E-state index in [4.69, 9.17) is 11.6 Å². The van der Waals surface area contributed by atoms with Crippen LogP contribution in [0.15, 0.2) is 22.7 Å². The normalized spacial score (nSPS) is 11.3. The summed E-state index contributed by atoms with van der Waals surface area (Å²) in [5.41, 5.74) is 2.26. The first-order valence-electron chi connectivity index (χ1n) is 6.27. The van der Waals surface area contributed by atoms with E-state index in [9.17, 15) is 0 Å². The van der Waals surface area contributed by atoms with E-state index in [1.807, 2.05) is 6.07 Å². The van der Waals surface area contributed by atoms with Crippen LogP contribution in [0.5, 0.6) is 0 Å². The molecule has 1 heterocycles. The number of benzene rings is 1. The highest BCUT2D eigenvalue weighted by Crippen LogP contribution is 2.25. The van der Waals surface area contributed by atoms with E-state index in [0.29, 0.717) is 11.8 Å². The summed E-state index contributed by atoms with van der Waals surface area (Å²) >= 11 is 9.46. The zero-order valence-electron chi connectivity index (χ0n) is 11.3. The van der Waals surface area contributed by atoms with Gasteiger partial charge in [0.2, 0.25) is 0 Å². The molecule has 0 aliphatic rings. The molecule has 0 bridgehead atoms. The fraction of sp³-hybridized carbons (Fsp3) is 0.429. The Balaban J connectivity index is 2.48. The highest BCUT2D eigenvalue weighted by atomic mass is 79.9. The van der Waals surface area contributed by atoms with Crippen LogP contribution >= 0.6 is 27.5 Å². The minimum atomic E-state index is 0.384. The predicted molar refractivity (Wildman–Crippen MR) is 82.3 cm³/mol. The van der Waals surface area contributed by atoms with Crippen molar-refractivity contribution in [2.24, 2.45) is 5.92 Å². The minimum absolute atomic E-state index is 0.384. The average Bonchev–Trinajstić information content (AvgIpc) is 2.75. The first-order chi connectivity index (χ1) is 9.02. The molecule has 19 heavy (non-hydrogen) atoms. The molecular formula is C14H17BrClN3. The van der Waals surface area contributed by atoms with Crippen LogP contribution < -0.4 is 0 Å². The summed E-state index contributed by atoms with van der Waals surface area (Å²) in [5.74, 6) is 2.62. The molecule has 5 heteroatoms.